The van der Waals surface area contributed by atoms with Crippen LogP contribution in [0.4, 0.5) is 4.39 Å². The van der Waals surface area contributed by atoms with Crippen LogP contribution in [0.2, 0.25) is 0 Å². The molecule has 9 heteroatoms. The maximum atomic E-state index is 13.1. The summed E-state index contributed by atoms with van der Waals surface area (Å²) in [5.41, 5.74) is 0.991. The standard InChI is InChI=1S/C26H30FN5O3/c1-18-3-9-22(10-4-18)32-26(35)30(2)25(34)23(29-32)24(33)28-17-20-12-15-31(16-13-20)14-11-19-5-7-21(27)8-6-19/h3-10,20H,11-17H2,1-2H3,(H,28,33). The highest BCUT2D eigenvalue weighted by atomic mass is 19.1. The van der Waals surface area contributed by atoms with E-state index in [4.69, 9.17) is 0 Å². The van der Waals surface area contributed by atoms with Crippen LogP contribution in [-0.4, -0.2) is 51.3 Å². The third-order valence-corrected chi connectivity index (χ3v) is 6.56. The normalized spacial score (nSPS) is 14.7. The molecule has 1 aliphatic heterocycles. The second kappa shape index (κ2) is 10.8. The molecule has 0 spiro atoms. The number of nitrogens with zero attached hydrogens (tertiary/aromatic N) is 4. The molecule has 2 heterocycles. The molecule has 4 rings (SSSR count). The number of amides is 1. The largest absolute Gasteiger partial charge is 0.351 e. The molecule has 0 radical (unpaired) electrons. The van der Waals surface area contributed by atoms with Gasteiger partial charge in [0.25, 0.3) is 11.5 Å². The van der Waals surface area contributed by atoms with Gasteiger partial charge in [0, 0.05) is 20.1 Å². The van der Waals surface area contributed by atoms with E-state index >= 15 is 0 Å². The van der Waals surface area contributed by atoms with Gasteiger partial charge in [-0.25, -0.2) is 9.18 Å². The Balaban J connectivity index is 1.33. The number of likely N-dealkylation sites (tertiary alicyclic amines) is 1. The van der Waals surface area contributed by atoms with Crippen molar-refractivity contribution in [3.8, 4) is 5.69 Å². The van der Waals surface area contributed by atoms with Crippen LogP contribution in [0, 0.1) is 18.7 Å². The van der Waals surface area contributed by atoms with Crippen LogP contribution in [0.3, 0.4) is 0 Å². The first-order valence-electron chi connectivity index (χ1n) is 11.8. The van der Waals surface area contributed by atoms with Crippen molar-refractivity contribution in [3.05, 3.63) is 92.0 Å². The summed E-state index contributed by atoms with van der Waals surface area (Å²) in [5, 5.41) is 6.93. The zero-order chi connectivity index (χ0) is 24.9. The summed E-state index contributed by atoms with van der Waals surface area (Å²) < 4.78 is 15.0. The molecular weight excluding hydrogens is 449 g/mol. The maximum absolute atomic E-state index is 13.1. The van der Waals surface area contributed by atoms with Crippen molar-refractivity contribution < 1.29 is 9.18 Å². The summed E-state index contributed by atoms with van der Waals surface area (Å²) in [5.74, 6) is -0.503. The number of carbonyl (C=O) groups excluding carboxylic acids is 1. The van der Waals surface area contributed by atoms with E-state index in [1.807, 2.05) is 31.2 Å². The van der Waals surface area contributed by atoms with Crippen LogP contribution in [-0.2, 0) is 13.5 Å². The molecule has 3 aromatic rings. The Labute approximate surface area is 203 Å². The third kappa shape index (κ3) is 5.92. The Morgan fingerprint density at radius 3 is 2.37 bits per heavy atom. The van der Waals surface area contributed by atoms with Crippen LogP contribution < -0.4 is 16.6 Å². The average molecular weight is 480 g/mol. The number of benzene rings is 2. The highest BCUT2D eigenvalue weighted by molar-refractivity contribution is 5.91. The van der Waals surface area contributed by atoms with Crippen molar-refractivity contribution in [3.63, 3.8) is 0 Å². The van der Waals surface area contributed by atoms with Crippen LogP contribution in [0.15, 0.2) is 58.1 Å². The summed E-state index contributed by atoms with van der Waals surface area (Å²) in [6, 6.07) is 13.7. The van der Waals surface area contributed by atoms with Gasteiger partial charge in [0.15, 0.2) is 0 Å². The Morgan fingerprint density at radius 2 is 1.71 bits per heavy atom. The molecule has 1 N–H and O–H groups in total. The minimum atomic E-state index is -0.716. The minimum absolute atomic E-state index is 0.224. The molecule has 184 valence electrons. The fourth-order valence-corrected chi connectivity index (χ4v) is 4.24. The molecule has 1 saturated heterocycles. The molecule has 8 nitrogen and oxygen atoms in total. The van der Waals surface area contributed by atoms with E-state index in [1.165, 1.54) is 19.2 Å². The number of nitrogens with one attached hydrogen (secondary N) is 1. The predicted molar refractivity (Wildman–Crippen MR) is 131 cm³/mol. The lowest BCUT2D eigenvalue weighted by molar-refractivity contribution is 0.0926. The van der Waals surface area contributed by atoms with E-state index in [9.17, 15) is 18.8 Å². The van der Waals surface area contributed by atoms with Gasteiger partial charge in [0.05, 0.1) is 5.69 Å². The first-order valence-corrected chi connectivity index (χ1v) is 11.8. The molecular formula is C26H30FN5O3. The lowest BCUT2D eigenvalue weighted by Crippen LogP contribution is -2.45. The van der Waals surface area contributed by atoms with Gasteiger partial charge in [-0.1, -0.05) is 29.8 Å². The summed E-state index contributed by atoms with van der Waals surface area (Å²) >= 11 is 0. The molecule has 0 saturated carbocycles. The van der Waals surface area contributed by atoms with Gasteiger partial charge in [-0.15, -0.1) is 0 Å². The second-order valence-electron chi connectivity index (χ2n) is 9.11. The maximum Gasteiger partial charge on any atom is 0.351 e. The zero-order valence-electron chi connectivity index (χ0n) is 20.0. The molecule has 35 heavy (non-hydrogen) atoms. The SMILES string of the molecule is Cc1ccc(-n2nc(C(=O)NCC3CCN(CCc4ccc(F)cc4)CC3)c(=O)n(C)c2=O)cc1. The van der Waals surface area contributed by atoms with Crippen LogP contribution in [0.5, 0.6) is 0 Å². The quantitative estimate of drug-likeness (QED) is 0.561. The monoisotopic (exact) mass is 479 g/mol. The molecule has 2 aromatic carbocycles. The molecule has 0 atom stereocenters. The van der Waals surface area contributed by atoms with Crippen molar-refractivity contribution in [1.29, 1.82) is 0 Å². The Kier molecular flexibility index (Phi) is 7.55. The molecule has 1 fully saturated rings. The zero-order valence-corrected chi connectivity index (χ0v) is 20.0. The smallest absolute Gasteiger partial charge is 0.350 e. The predicted octanol–water partition coefficient (Wildman–Crippen LogP) is 2.06. The van der Waals surface area contributed by atoms with E-state index in [1.54, 1.807) is 12.1 Å². The van der Waals surface area contributed by atoms with E-state index in [0.717, 1.165) is 59.3 Å². The van der Waals surface area contributed by atoms with Crippen LogP contribution >= 0.6 is 0 Å². The fourth-order valence-electron chi connectivity index (χ4n) is 4.24. The van der Waals surface area contributed by atoms with Gasteiger partial charge in [0.2, 0.25) is 5.69 Å². The molecule has 1 amide bonds. The number of carbonyl (C=O) groups is 1. The number of hydrogen-bond acceptors (Lipinski definition) is 5. The highest BCUT2D eigenvalue weighted by Gasteiger charge is 2.22. The lowest BCUT2D eigenvalue weighted by atomic mass is 9.96. The van der Waals surface area contributed by atoms with Crippen LogP contribution in [0.1, 0.15) is 34.5 Å². The lowest BCUT2D eigenvalue weighted by Gasteiger charge is -2.32. The summed E-state index contributed by atoms with van der Waals surface area (Å²) in [7, 11) is 1.34. The number of aryl methyl sites for hydroxylation is 1. The molecule has 1 aliphatic rings. The van der Waals surface area contributed by atoms with Crippen molar-refractivity contribution in [1.82, 2.24) is 24.6 Å². The Bertz CT molecular complexity index is 1290. The van der Waals surface area contributed by atoms with Gasteiger partial charge in [-0.3, -0.25) is 14.2 Å². The Hall–Kier alpha value is -3.59. The third-order valence-electron chi connectivity index (χ3n) is 6.56. The number of aromatic nitrogens is 3. The number of halogens is 1. The average Bonchev–Trinajstić information content (AvgIpc) is 2.87. The van der Waals surface area contributed by atoms with Crippen LogP contribution in [0.25, 0.3) is 5.69 Å². The summed E-state index contributed by atoms with van der Waals surface area (Å²) in [6.07, 6.45) is 2.73. The first kappa shape index (κ1) is 24.5. The topological polar surface area (TPSA) is 89.2 Å². The molecule has 0 aliphatic carbocycles. The van der Waals surface area contributed by atoms with Crippen molar-refractivity contribution in [2.24, 2.45) is 13.0 Å². The Morgan fingerprint density at radius 1 is 1.06 bits per heavy atom. The van der Waals surface area contributed by atoms with Crippen molar-refractivity contribution >= 4 is 5.91 Å². The van der Waals surface area contributed by atoms with Crippen molar-refractivity contribution in [2.45, 2.75) is 26.2 Å². The first-order chi connectivity index (χ1) is 16.8. The van der Waals surface area contributed by atoms with E-state index in [-0.39, 0.29) is 11.5 Å². The second-order valence-corrected chi connectivity index (χ2v) is 9.11. The summed E-state index contributed by atoms with van der Waals surface area (Å²) in [6.45, 7) is 5.11. The number of rotatable bonds is 7. The molecule has 0 bridgehead atoms. The number of piperidine rings is 1. The minimum Gasteiger partial charge on any atom is -0.350 e. The van der Waals surface area contributed by atoms with Crippen molar-refractivity contribution in [2.75, 3.05) is 26.2 Å². The fraction of sp³-hybridized carbons (Fsp3) is 0.385. The highest BCUT2D eigenvalue weighted by Crippen LogP contribution is 2.17. The van der Waals surface area contributed by atoms with E-state index < -0.39 is 17.2 Å². The van der Waals surface area contributed by atoms with Gasteiger partial charge in [-0.05, 0) is 75.0 Å². The van der Waals surface area contributed by atoms with Gasteiger partial charge in [0.1, 0.15) is 5.82 Å². The van der Waals surface area contributed by atoms with Gasteiger partial charge < -0.3 is 10.2 Å². The van der Waals surface area contributed by atoms with Gasteiger partial charge >= 0.3 is 5.69 Å². The van der Waals surface area contributed by atoms with Gasteiger partial charge in [-0.2, -0.15) is 9.78 Å². The molecule has 1 aromatic heterocycles. The summed E-state index contributed by atoms with van der Waals surface area (Å²) in [4.78, 5) is 40.3. The number of hydrogen-bond donors (Lipinski definition) is 1. The molecule has 0 unspecified atom stereocenters. The van der Waals surface area contributed by atoms with E-state index in [2.05, 4.69) is 15.3 Å². The van der Waals surface area contributed by atoms with E-state index in [0.29, 0.717) is 18.2 Å².